The zero-order chi connectivity index (χ0) is 20.2. The van der Waals surface area contributed by atoms with Crippen molar-refractivity contribution in [1.29, 1.82) is 0 Å². The molecule has 0 saturated carbocycles. The number of hydrogen-bond donors (Lipinski definition) is 4. The van der Waals surface area contributed by atoms with Gasteiger partial charge in [0.05, 0.1) is 11.7 Å². The number of aliphatic hydroxyl groups excluding tert-OH is 1. The van der Waals surface area contributed by atoms with Crippen molar-refractivity contribution < 1.29 is 33.1 Å². The van der Waals surface area contributed by atoms with Crippen molar-refractivity contribution in [2.75, 3.05) is 0 Å². The molecule has 2 aromatic rings. The summed E-state index contributed by atoms with van der Waals surface area (Å²) in [6.45, 7) is 1.27. The van der Waals surface area contributed by atoms with E-state index in [1.165, 1.54) is 36.7 Å². The van der Waals surface area contributed by atoms with Gasteiger partial charge in [0.25, 0.3) is 11.8 Å². The van der Waals surface area contributed by atoms with Crippen LogP contribution in [0.3, 0.4) is 0 Å². The summed E-state index contributed by atoms with van der Waals surface area (Å²) in [4.78, 5) is 23.6. The molecule has 2 rings (SSSR count). The van der Waals surface area contributed by atoms with Gasteiger partial charge in [-0.25, -0.2) is 5.48 Å². The summed E-state index contributed by atoms with van der Waals surface area (Å²) in [5.74, 6) is -1.64. The first kappa shape index (κ1) is 20.4. The van der Waals surface area contributed by atoms with Crippen LogP contribution in [0.1, 0.15) is 22.8 Å². The lowest BCUT2D eigenvalue weighted by molar-refractivity contribution is -0.137. The highest BCUT2D eigenvalue weighted by Gasteiger charge is 2.30. The Morgan fingerprint density at radius 3 is 1.85 bits per heavy atom. The van der Waals surface area contributed by atoms with Crippen LogP contribution < -0.4 is 10.8 Å². The van der Waals surface area contributed by atoms with Gasteiger partial charge in [0.15, 0.2) is 0 Å². The third kappa shape index (κ3) is 5.05. The van der Waals surface area contributed by atoms with Crippen LogP contribution in [0, 0.1) is 0 Å². The van der Waals surface area contributed by atoms with Gasteiger partial charge in [-0.15, -0.1) is 0 Å². The molecule has 0 unspecified atom stereocenters. The van der Waals surface area contributed by atoms with Crippen LogP contribution in [-0.2, 0) is 11.0 Å². The van der Waals surface area contributed by atoms with Crippen molar-refractivity contribution in [2.24, 2.45) is 0 Å². The molecule has 0 aliphatic rings. The van der Waals surface area contributed by atoms with Crippen LogP contribution >= 0.6 is 0 Å². The maximum Gasteiger partial charge on any atom is 0.416 e. The quantitative estimate of drug-likeness (QED) is 0.471. The highest BCUT2D eigenvalue weighted by Crippen LogP contribution is 2.31. The number of hydroxylamine groups is 1. The van der Waals surface area contributed by atoms with E-state index in [1.807, 2.05) is 0 Å². The average molecular weight is 382 g/mol. The summed E-state index contributed by atoms with van der Waals surface area (Å²) in [5.41, 5.74) is 1.90. The largest absolute Gasteiger partial charge is 0.416 e. The topological polar surface area (TPSA) is 98.7 Å². The SMILES string of the molecule is C[C@@H](O)[C@H](NC(=O)c1ccc(-c2ccc(C(F)(F)F)cc2)cc1)C(=O)NO. The summed E-state index contributed by atoms with van der Waals surface area (Å²) >= 11 is 0. The van der Waals surface area contributed by atoms with Gasteiger partial charge in [0.2, 0.25) is 0 Å². The van der Waals surface area contributed by atoms with E-state index in [4.69, 9.17) is 5.21 Å². The monoisotopic (exact) mass is 382 g/mol. The second kappa shape index (κ2) is 8.19. The van der Waals surface area contributed by atoms with Gasteiger partial charge in [0.1, 0.15) is 6.04 Å². The highest BCUT2D eigenvalue weighted by atomic mass is 19.4. The molecule has 4 N–H and O–H groups in total. The zero-order valence-electron chi connectivity index (χ0n) is 14.1. The van der Waals surface area contributed by atoms with Gasteiger partial charge in [-0.3, -0.25) is 14.8 Å². The minimum absolute atomic E-state index is 0.169. The number of alkyl halides is 3. The smallest absolute Gasteiger partial charge is 0.391 e. The van der Waals surface area contributed by atoms with E-state index in [0.717, 1.165) is 12.1 Å². The summed E-state index contributed by atoms with van der Waals surface area (Å²) in [7, 11) is 0. The molecule has 0 aliphatic carbocycles. The average Bonchev–Trinajstić information content (AvgIpc) is 2.64. The lowest BCUT2D eigenvalue weighted by Crippen LogP contribution is -2.51. The van der Waals surface area contributed by atoms with E-state index >= 15 is 0 Å². The van der Waals surface area contributed by atoms with Crippen molar-refractivity contribution in [3.8, 4) is 11.1 Å². The first-order valence-electron chi connectivity index (χ1n) is 7.84. The normalized spacial score (nSPS) is 13.6. The summed E-state index contributed by atoms with van der Waals surface area (Å²) in [6, 6.07) is 9.18. The van der Waals surface area contributed by atoms with Crippen LogP contribution in [0.4, 0.5) is 13.2 Å². The van der Waals surface area contributed by atoms with E-state index in [-0.39, 0.29) is 5.56 Å². The number of hydrogen-bond acceptors (Lipinski definition) is 4. The van der Waals surface area contributed by atoms with Gasteiger partial charge in [-0.1, -0.05) is 24.3 Å². The lowest BCUT2D eigenvalue weighted by Gasteiger charge is -2.19. The molecule has 0 fully saturated rings. The van der Waals surface area contributed by atoms with E-state index < -0.39 is 35.7 Å². The van der Waals surface area contributed by atoms with Crippen LogP contribution in [0.5, 0.6) is 0 Å². The summed E-state index contributed by atoms with van der Waals surface area (Å²) in [5, 5.41) is 20.4. The van der Waals surface area contributed by atoms with E-state index in [2.05, 4.69) is 5.32 Å². The molecular formula is C18H17F3N2O4. The Balaban J connectivity index is 2.14. The molecule has 0 aromatic heterocycles. The Kier molecular flexibility index (Phi) is 6.19. The molecule has 2 atom stereocenters. The molecule has 0 spiro atoms. The summed E-state index contributed by atoms with van der Waals surface area (Å²) in [6.07, 6.45) is -5.66. The molecule has 0 saturated heterocycles. The molecule has 6 nitrogen and oxygen atoms in total. The number of aliphatic hydroxyl groups is 1. The Hall–Kier alpha value is -2.91. The Bertz CT molecular complexity index is 803. The van der Waals surface area contributed by atoms with Crippen molar-refractivity contribution >= 4 is 11.8 Å². The predicted molar refractivity (Wildman–Crippen MR) is 89.7 cm³/mol. The summed E-state index contributed by atoms with van der Waals surface area (Å²) < 4.78 is 37.8. The van der Waals surface area contributed by atoms with Gasteiger partial charge >= 0.3 is 6.18 Å². The van der Waals surface area contributed by atoms with Gasteiger partial charge in [-0.2, -0.15) is 13.2 Å². The molecule has 0 radical (unpaired) electrons. The van der Waals surface area contributed by atoms with Crippen LogP contribution in [0.15, 0.2) is 48.5 Å². The Morgan fingerprint density at radius 2 is 1.44 bits per heavy atom. The number of amides is 2. The molecule has 144 valence electrons. The number of nitrogens with one attached hydrogen (secondary N) is 2. The van der Waals surface area contributed by atoms with E-state index in [9.17, 15) is 27.9 Å². The van der Waals surface area contributed by atoms with Crippen molar-refractivity contribution in [2.45, 2.75) is 25.2 Å². The fourth-order valence-corrected chi connectivity index (χ4v) is 2.37. The first-order chi connectivity index (χ1) is 12.6. The second-order valence-corrected chi connectivity index (χ2v) is 5.82. The number of halogens is 3. The molecule has 9 heteroatoms. The van der Waals surface area contributed by atoms with Gasteiger partial charge in [-0.05, 0) is 42.3 Å². The van der Waals surface area contributed by atoms with Crippen molar-refractivity contribution in [3.63, 3.8) is 0 Å². The highest BCUT2D eigenvalue weighted by molar-refractivity contribution is 5.97. The minimum atomic E-state index is -4.41. The fraction of sp³-hybridized carbons (Fsp3) is 0.222. The molecule has 2 amide bonds. The van der Waals surface area contributed by atoms with Crippen LogP contribution in [0.2, 0.25) is 0 Å². The molecule has 2 aromatic carbocycles. The number of benzene rings is 2. The van der Waals surface area contributed by atoms with E-state index in [0.29, 0.717) is 11.1 Å². The fourth-order valence-electron chi connectivity index (χ4n) is 2.37. The van der Waals surface area contributed by atoms with Crippen LogP contribution in [0.25, 0.3) is 11.1 Å². The Labute approximate surface area is 152 Å². The first-order valence-corrected chi connectivity index (χ1v) is 7.84. The number of carbonyl (C=O) groups is 2. The minimum Gasteiger partial charge on any atom is -0.391 e. The number of rotatable bonds is 5. The zero-order valence-corrected chi connectivity index (χ0v) is 14.1. The predicted octanol–water partition coefficient (Wildman–Crippen LogP) is 2.36. The number of carbonyl (C=O) groups excluding carboxylic acids is 2. The standard InChI is InChI=1S/C18H17F3N2O4/c1-10(24)15(17(26)23-27)22-16(25)13-4-2-11(3-5-13)12-6-8-14(9-7-12)18(19,20)21/h2-10,15,24,27H,1H3,(H,22,25)(H,23,26)/t10-,15+/m1/s1. The third-order valence-electron chi connectivity index (χ3n) is 3.85. The molecule has 0 heterocycles. The lowest BCUT2D eigenvalue weighted by atomic mass is 10.0. The maximum atomic E-state index is 12.6. The van der Waals surface area contributed by atoms with E-state index in [1.54, 1.807) is 12.1 Å². The second-order valence-electron chi connectivity index (χ2n) is 5.82. The van der Waals surface area contributed by atoms with Crippen LogP contribution in [-0.4, -0.2) is 34.3 Å². The van der Waals surface area contributed by atoms with Gasteiger partial charge in [0, 0.05) is 5.56 Å². The van der Waals surface area contributed by atoms with Crippen molar-refractivity contribution in [1.82, 2.24) is 10.8 Å². The third-order valence-corrected chi connectivity index (χ3v) is 3.85. The molecule has 27 heavy (non-hydrogen) atoms. The molecular weight excluding hydrogens is 365 g/mol. The maximum absolute atomic E-state index is 12.6. The van der Waals surface area contributed by atoms with Crippen molar-refractivity contribution in [3.05, 3.63) is 59.7 Å². The van der Waals surface area contributed by atoms with Gasteiger partial charge < -0.3 is 10.4 Å². The Morgan fingerprint density at radius 1 is 0.963 bits per heavy atom. The molecule has 0 aliphatic heterocycles. The molecule has 0 bridgehead atoms.